The Morgan fingerprint density at radius 2 is 2.26 bits per heavy atom. The Hall–Kier alpha value is -2.44. The molecule has 0 spiro atoms. The third kappa shape index (κ3) is 2.03. The Labute approximate surface area is 109 Å². The standard InChI is InChI=1S/C12H12N4O3/c1-19-11-9(3-2-4-10(11)16(17)18)12-13-7-15(14-12)8-5-6-8/h2-4,7-8H,5-6H2,1H3. The van der Waals surface area contributed by atoms with E-state index < -0.39 is 4.92 Å². The number of nitro benzene ring substituents is 1. The summed E-state index contributed by atoms with van der Waals surface area (Å²) in [5.74, 6) is 0.647. The smallest absolute Gasteiger partial charge is 0.311 e. The van der Waals surface area contributed by atoms with Crippen LogP contribution < -0.4 is 4.74 Å². The van der Waals surface area contributed by atoms with Crippen LogP contribution in [-0.2, 0) is 0 Å². The molecule has 0 unspecified atom stereocenters. The Bertz CT molecular complexity index is 634. The highest BCUT2D eigenvalue weighted by Crippen LogP contribution is 2.38. The molecule has 1 aliphatic carbocycles. The molecule has 0 amide bonds. The summed E-state index contributed by atoms with van der Waals surface area (Å²) in [4.78, 5) is 14.7. The van der Waals surface area contributed by atoms with Gasteiger partial charge in [0.05, 0.1) is 23.6 Å². The van der Waals surface area contributed by atoms with Gasteiger partial charge < -0.3 is 4.74 Å². The van der Waals surface area contributed by atoms with Gasteiger partial charge in [0.15, 0.2) is 5.82 Å². The van der Waals surface area contributed by atoms with Crippen LogP contribution in [0.1, 0.15) is 18.9 Å². The van der Waals surface area contributed by atoms with Crippen LogP contribution >= 0.6 is 0 Å². The molecule has 0 radical (unpaired) electrons. The van der Waals surface area contributed by atoms with Gasteiger partial charge in [-0.3, -0.25) is 10.1 Å². The van der Waals surface area contributed by atoms with Crippen LogP contribution in [0.2, 0.25) is 0 Å². The molecule has 1 fully saturated rings. The quantitative estimate of drug-likeness (QED) is 0.621. The van der Waals surface area contributed by atoms with Crippen LogP contribution in [0, 0.1) is 10.1 Å². The zero-order valence-corrected chi connectivity index (χ0v) is 10.3. The molecule has 98 valence electrons. The number of nitro groups is 1. The summed E-state index contributed by atoms with van der Waals surface area (Å²) in [5, 5.41) is 15.3. The van der Waals surface area contributed by atoms with Crippen LogP contribution in [0.4, 0.5) is 5.69 Å². The van der Waals surface area contributed by atoms with Crippen molar-refractivity contribution in [3.05, 3.63) is 34.6 Å². The lowest BCUT2D eigenvalue weighted by molar-refractivity contribution is -0.385. The van der Waals surface area contributed by atoms with E-state index in [1.165, 1.54) is 13.2 Å². The van der Waals surface area contributed by atoms with Gasteiger partial charge in [-0.25, -0.2) is 9.67 Å². The summed E-state index contributed by atoms with van der Waals surface area (Å²) >= 11 is 0. The first-order valence-corrected chi connectivity index (χ1v) is 5.93. The molecule has 1 heterocycles. The molecule has 0 aliphatic heterocycles. The van der Waals surface area contributed by atoms with E-state index in [1.54, 1.807) is 23.1 Å². The van der Waals surface area contributed by atoms with Crippen LogP contribution in [0.5, 0.6) is 5.75 Å². The van der Waals surface area contributed by atoms with Crippen molar-refractivity contribution in [1.29, 1.82) is 0 Å². The lowest BCUT2D eigenvalue weighted by atomic mass is 10.1. The van der Waals surface area contributed by atoms with Gasteiger partial charge in [-0.15, -0.1) is 0 Å². The molecule has 0 N–H and O–H groups in total. The van der Waals surface area contributed by atoms with Crippen molar-refractivity contribution >= 4 is 5.69 Å². The van der Waals surface area contributed by atoms with E-state index in [0.717, 1.165) is 12.8 Å². The third-order valence-corrected chi connectivity index (χ3v) is 3.07. The topological polar surface area (TPSA) is 83.1 Å². The Morgan fingerprint density at radius 1 is 1.47 bits per heavy atom. The molecule has 1 aromatic heterocycles. The van der Waals surface area contributed by atoms with E-state index in [0.29, 0.717) is 17.4 Å². The monoisotopic (exact) mass is 260 g/mol. The van der Waals surface area contributed by atoms with Crippen molar-refractivity contribution in [2.45, 2.75) is 18.9 Å². The van der Waals surface area contributed by atoms with Gasteiger partial charge in [-0.05, 0) is 18.9 Å². The molecule has 1 aliphatic rings. The summed E-state index contributed by atoms with van der Waals surface area (Å²) in [6.45, 7) is 0. The molecule has 3 rings (SSSR count). The van der Waals surface area contributed by atoms with Gasteiger partial charge in [0, 0.05) is 6.07 Å². The molecule has 0 atom stereocenters. The molecule has 0 saturated heterocycles. The van der Waals surface area contributed by atoms with Crippen LogP contribution in [-0.4, -0.2) is 26.8 Å². The van der Waals surface area contributed by atoms with Gasteiger partial charge in [0.1, 0.15) is 6.33 Å². The van der Waals surface area contributed by atoms with Crippen molar-refractivity contribution in [3.63, 3.8) is 0 Å². The molecule has 1 saturated carbocycles. The highest BCUT2D eigenvalue weighted by atomic mass is 16.6. The minimum atomic E-state index is -0.472. The van der Waals surface area contributed by atoms with E-state index in [4.69, 9.17) is 4.74 Å². The molecular weight excluding hydrogens is 248 g/mol. The minimum absolute atomic E-state index is 0.0808. The number of hydrogen-bond acceptors (Lipinski definition) is 5. The van der Waals surface area contributed by atoms with Gasteiger partial charge in [0.2, 0.25) is 5.75 Å². The highest BCUT2D eigenvalue weighted by Gasteiger charge is 2.26. The normalized spacial score (nSPS) is 14.4. The summed E-state index contributed by atoms with van der Waals surface area (Å²) < 4.78 is 6.95. The molecule has 0 bridgehead atoms. The second-order valence-corrected chi connectivity index (χ2v) is 4.39. The molecule has 1 aromatic carbocycles. The van der Waals surface area contributed by atoms with Crippen molar-refractivity contribution in [2.75, 3.05) is 7.11 Å². The number of aromatic nitrogens is 3. The van der Waals surface area contributed by atoms with Gasteiger partial charge in [0.25, 0.3) is 0 Å². The average Bonchev–Trinajstić information content (AvgIpc) is 3.15. The number of hydrogen-bond donors (Lipinski definition) is 0. The third-order valence-electron chi connectivity index (χ3n) is 3.07. The predicted molar refractivity (Wildman–Crippen MR) is 66.9 cm³/mol. The summed E-state index contributed by atoms with van der Waals surface area (Å²) in [5.41, 5.74) is 0.457. The zero-order valence-electron chi connectivity index (χ0n) is 10.3. The Balaban J connectivity index is 2.07. The fourth-order valence-electron chi connectivity index (χ4n) is 1.97. The van der Waals surface area contributed by atoms with Gasteiger partial charge >= 0.3 is 5.69 Å². The molecule has 7 nitrogen and oxygen atoms in total. The lowest BCUT2D eigenvalue weighted by Crippen LogP contribution is -1.98. The van der Waals surface area contributed by atoms with Crippen molar-refractivity contribution < 1.29 is 9.66 Å². The Morgan fingerprint density at radius 3 is 2.89 bits per heavy atom. The lowest BCUT2D eigenvalue weighted by Gasteiger charge is -2.05. The zero-order chi connectivity index (χ0) is 13.4. The maximum absolute atomic E-state index is 11.0. The first-order valence-electron chi connectivity index (χ1n) is 5.93. The fourth-order valence-corrected chi connectivity index (χ4v) is 1.97. The fraction of sp³-hybridized carbons (Fsp3) is 0.333. The molecular formula is C12H12N4O3. The second-order valence-electron chi connectivity index (χ2n) is 4.39. The van der Waals surface area contributed by atoms with Crippen LogP contribution in [0.25, 0.3) is 11.4 Å². The van der Waals surface area contributed by atoms with Gasteiger partial charge in [-0.2, -0.15) is 5.10 Å². The number of ether oxygens (including phenoxy) is 1. The van der Waals surface area contributed by atoms with Gasteiger partial charge in [-0.1, -0.05) is 6.07 Å². The van der Waals surface area contributed by atoms with Crippen molar-refractivity contribution in [2.24, 2.45) is 0 Å². The summed E-state index contributed by atoms with van der Waals surface area (Å²) in [6, 6.07) is 5.15. The molecule has 2 aromatic rings. The maximum atomic E-state index is 11.0. The van der Waals surface area contributed by atoms with Crippen LogP contribution in [0.15, 0.2) is 24.5 Å². The highest BCUT2D eigenvalue weighted by molar-refractivity contribution is 5.70. The van der Waals surface area contributed by atoms with Crippen LogP contribution in [0.3, 0.4) is 0 Å². The number of para-hydroxylation sites is 1. The average molecular weight is 260 g/mol. The number of nitrogens with zero attached hydrogens (tertiary/aromatic N) is 4. The van der Waals surface area contributed by atoms with E-state index in [1.807, 2.05) is 0 Å². The maximum Gasteiger partial charge on any atom is 0.311 e. The first kappa shape index (κ1) is 11.6. The Kier molecular flexibility index (Phi) is 2.66. The van der Waals surface area contributed by atoms with E-state index >= 15 is 0 Å². The largest absolute Gasteiger partial charge is 0.490 e. The van der Waals surface area contributed by atoms with Crippen molar-refractivity contribution in [3.8, 4) is 17.1 Å². The minimum Gasteiger partial charge on any atom is -0.490 e. The predicted octanol–water partition coefficient (Wildman–Crippen LogP) is 2.20. The number of methoxy groups -OCH3 is 1. The van der Waals surface area contributed by atoms with E-state index in [-0.39, 0.29) is 11.4 Å². The first-order chi connectivity index (χ1) is 9.20. The number of benzene rings is 1. The molecule has 7 heteroatoms. The summed E-state index contributed by atoms with van der Waals surface area (Å²) in [6.07, 6.45) is 3.87. The second kappa shape index (κ2) is 4.34. The van der Waals surface area contributed by atoms with E-state index in [9.17, 15) is 10.1 Å². The number of rotatable bonds is 4. The van der Waals surface area contributed by atoms with Crippen molar-refractivity contribution in [1.82, 2.24) is 14.8 Å². The summed E-state index contributed by atoms with van der Waals surface area (Å²) in [7, 11) is 1.41. The SMILES string of the molecule is COc1c(-c2ncn(C3CC3)n2)cccc1[N+](=O)[O-]. The van der Waals surface area contributed by atoms with E-state index in [2.05, 4.69) is 10.1 Å². The molecule has 19 heavy (non-hydrogen) atoms.